The van der Waals surface area contributed by atoms with E-state index in [1.54, 1.807) is 13.3 Å². The first-order chi connectivity index (χ1) is 8.76. The van der Waals surface area contributed by atoms with Gasteiger partial charge in [0.05, 0.1) is 7.11 Å². The van der Waals surface area contributed by atoms with Crippen molar-refractivity contribution in [3.8, 4) is 5.75 Å². The lowest BCUT2D eigenvalue weighted by Gasteiger charge is -2.18. The van der Waals surface area contributed by atoms with Crippen molar-refractivity contribution in [2.45, 2.75) is 5.92 Å². The number of nitrogens with zero attached hydrogens (tertiary/aromatic N) is 1. The van der Waals surface area contributed by atoms with Gasteiger partial charge in [-0.1, -0.05) is 22.0 Å². The summed E-state index contributed by atoms with van der Waals surface area (Å²) in [5.74, 6) is 0.934. The summed E-state index contributed by atoms with van der Waals surface area (Å²) in [6, 6.07) is 9.90. The molecule has 0 spiro atoms. The Balaban J connectivity index is 2.48. The summed E-state index contributed by atoms with van der Waals surface area (Å²) in [5.41, 5.74) is 8.08. The van der Waals surface area contributed by atoms with Gasteiger partial charge < -0.3 is 10.5 Å². The van der Waals surface area contributed by atoms with Gasteiger partial charge in [0.15, 0.2) is 0 Å². The highest BCUT2D eigenvalue weighted by atomic mass is 79.9. The maximum absolute atomic E-state index is 5.91. The Hall–Kier alpha value is -1.39. The molecule has 0 aliphatic heterocycles. The van der Waals surface area contributed by atoms with Gasteiger partial charge in [-0.15, -0.1) is 0 Å². The van der Waals surface area contributed by atoms with Gasteiger partial charge in [0.1, 0.15) is 5.75 Å². The average Bonchev–Trinajstić information content (AvgIpc) is 2.41. The van der Waals surface area contributed by atoms with Crippen LogP contribution in [0.5, 0.6) is 5.75 Å². The minimum absolute atomic E-state index is 0.0890. The normalized spacial score (nSPS) is 12.2. The number of pyridine rings is 1. The van der Waals surface area contributed by atoms with Crippen LogP contribution in [0.25, 0.3) is 0 Å². The van der Waals surface area contributed by atoms with Crippen LogP contribution in [0.4, 0.5) is 0 Å². The Labute approximate surface area is 115 Å². The first kappa shape index (κ1) is 13.1. The monoisotopic (exact) mass is 306 g/mol. The van der Waals surface area contributed by atoms with Crippen LogP contribution in [-0.4, -0.2) is 18.6 Å². The summed E-state index contributed by atoms with van der Waals surface area (Å²) in [6.45, 7) is 0.512. The maximum atomic E-state index is 5.91. The second kappa shape index (κ2) is 5.98. The fourth-order valence-electron chi connectivity index (χ4n) is 2.00. The lowest BCUT2D eigenvalue weighted by atomic mass is 9.92. The van der Waals surface area contributed by atoms with Gasteiger partial charge in [-0.25, -0.2) is 0 Å². The largest absolute Gasteiger partial charge is 0.496 e. The van der Waals surface area contributed by atoms with Crippen molar-refractivity contribution in [2.75, 3.05) is 13.7 Å². The van der Waals surface area contributed by atoms with Gasteiger partial charge in [-0.05, 0) is 29.8 Å². The molecule has 3 nitrogen and oxygen atoms in total. The molecule has 1 aromatic carbocycles. The molecule has 0 aliphatic carbocycles. The predicted molar refractivity (Wildman–Crippen MR) is 75.8 cm³/mol. The molecule has 0 saturated carbocycles. The molecule has 0 bridgehead atoms. The third-order valence-electron chi connectivity index (χ3n) is 2.89. The molecular formula is C14H15BrN2O. The molecule has 0 radical (unpaired) electrons. The number of ether oxygens (including phenoxy) is 1. The van der Waals surface area contributed by atoms with E-state index in [1.165, 1.54) is 0 Å². The van der Waals surface area contributed by atoms with Gasteiger partial charge in [0, 0.05) is 34.9 Å². The zero-order chi connectivity index (χ0) is 13.0. The van der Waals surface area contributed by atoms with Crippen molar-refractivity contribution in [2.24, 2.45) is 5.73 Å². The van der Waals surface area contributed by atoms with Crippen molar-refractivity contribution in [3.63, 3.8) is 0 Å². The molecule has 2 aromatic rings. The average molecular weight is 307 g/mol. The van der Waals surface area contributed by atoms with Crippen molar-refractivity contribution in [1.82, 2.24) is 4.98 Å². The summed E-state index contributed by atoms with van der Waals surface area (Å²) >= 11 is 3.48. The second-order valence-corrected chi connectivity index (χ2v) is 4.88. The Morgan fingerprint density at radius 3 is 2.83 bits per heavy atom. The number of nitrogens with two attached hydrogens (primary N) is 1. The van der Waals surface area contributed by atoms with E-state index in [2.05, 4.69) is 20.9 Å². The quantitative estimate of drug-likeness (QED) is 0.945. The molecule has 1 heterocycles. The molecule has 0 saturated heterocycles. The number of methoxy groups -OCH3 is 1. The highest BCUT2D eigenvalue weighted by Crippen LogP contribution is 2.33. The standard InChI is InChI=1S/C14H15BrN2O/c1-18-14-5-4-11(15)7-12(14)13(8-16)10-3-2-6-17-9-10/h2-7,9,13H,8,16H2,1H3. The van der Waals surface area contributed by atoms with E-state index >= 15 is 0 Å². The summed E-state index contributed by atoms with van der Waals surface area (Å²) in [6.07, 6.45) is 3.60. The smallest absolute Gasteiger partial charge is 0.122 e. The molecule has 4 heteroatoms. The Kier molecular flexibility index (Phi) is 4.33. The van der Waals surface area contributed by atoms with Crippen molar-refractivity contribution in [3.05, 3.63) is 58.3 Å². The molecule has 1 atom stereocenters. The van der Waals surface area contributed by atoms with Crippen LogP contribution in [0.1, 0.15) is 17.0 Å². The first-order valence-electron chi connectivity index (χ1n) is 5.69. The molecule has 1 unspecified atom stereocenters. The third kappa shape index (κ3) is 2.71. The number of hydrogen-bond acceptors (Lipinski definition) is 3. The van der Waals surface area contributed by atoms with Crippen LogP contribution < -0.4 is 10.5 Å². The minimum Gasteiger partial charge on any atom is -0.496 e. The topological polar surface area (TPSA) is 48.1 Å². The summed E-state index contributed by atoms with van der Waals surface area (Å²) in [5, 5.41) is 0. The molecule has 0 amide bonds. The third-order valence-corrected chi connectivity index (χ3v) is 3.38. The van der Waals surface area contributed by atoms with Crippen LogP contribution in [-0.2, 0) is 0 Å². The summed E-state index contributed by atoms with van der Waals surface area (Å²) < 4.78 is 6.42. The van der Waals surface area contributed by atoms with E-state index in [1.807, 2.05) is 36.5 Å². The number of aromatic nitrogens is 1. The van der Waals surface area contributed by atoms with Crippen LogP contribution in [0.15, 0.2) is 47.2 Å². The van der Waals surface area contributed by atoms with E-state index in [9.17, 15) is 0 Å². The molecule has 2 N–H and O–H groups in total. The lowest BCUT2D eigenvalue weighted by molar-refractivity contribution is 0.407. The highest BCUT2D eigenvalue weighted by Gasteiger charge is 2.17. The zero-order valence-corrected chi connectivity index (χ0v) is 11.7. The highest BCUT2D eigenvalue weighted by molar-refractivity contribution is 9.10. The van der Waals surface area contributed by atoms with Crippen LogP contribution in [0, 0.1) is 0 Å². The Morgan fingerprint density at radius 1 is 1.39 bits per heavy atom. The van der Waals surface area contributed by atoms with E-state index in [0.29, 0.717) is 6.54 Å². The SMILES string of the molecule is COc1ccc(Br)cc1C(CN)c1cccnc1. The molecule has 1 aromatic heterocycles. The van der Waals surface area contributed by atoms with Crippen molar-refractivity contribution < 1.29 is 4.74 Å². The fourth-order valence-corrected chi connectivity index (χ4v) is 2.38. The summed E-state index contributed by atoms with van der Waals surface area (Å²) in [7, 11) is 1.67. The van der Waals surface area contributed by atoms with Crippen LogP contribution in [0.2, 0.25) is 0 Å². The summed E-state index contributed by atoms with van der Waals surface area (Å²) in [4.78, 5) is 4.15. The Bertz CT molecular complexity index is 516. The van der Waals surface area contributed by atoms with Crippen molar-refractivity contribution >= 4 is 15.9 Å². The predicted octanol–water partition coefficient (Wildman–Crippen LogP) is 2.94. The zero-order valence-electron chi connectivity index (χ0n) is 10.1. The fraction of sp³-hybridized carbons (Fsp3) is 0.214. The maximum Gasteiger partial charge on any atom is 0.122 e. The number of hydrogen-bond donors (Lipinski definition) is 1. The number of benzene rings is 1. The number of halogens is 1. The first-order valence-corrected chi connectivity index (χ1v) is 6.49. The van der Waals surface area contributed by atoms with Gasteiger partial charge in [-0.3, -0.25) is 4.98 Å². The Morgan fingerprint density at radius 2 is 2.22 bits per heavy atom. The van der Waals surface area contributed by atoms with Gasteiger partial charge in [0.25, 0.3) is 0 Å². The number of rotatable bonds is 4. The van der Waals surface area contributed by atoms with E-state index < -0.39 is 0 Å². The minimum atomic E-state index is 0.0890. The van der Waals surface area contributed by atoms with E-state index in [4.69, 9.17) is 10.5 Å². The molecule has 0 aliphatic rings. The molecular weight excluding hydrogens is 292 g/mol. The van der Waals surface area contributed by atoms with Gasteiger partial charge in [-0.2, -0.15) is 0 Å². The van der Waals surface area contributed by atoms with E-state index in [-0.39, 0.29) is 5.92 Å². The van der Waals surface area contributed by atoms with Crippen LogP contribution in [0.3, 0.4) is 0 Å². The molecule has 94 valence electrons. The van der Waals surface area contributed by atoms with Gasteiger partial charge in [0.2, 0.25) is 0 Å². The lowest BCUT2D eigenvalue weighted by Crippen LogP contribution is -2.15. The molecule has 0 fully saturated rings. The van der Waals surface area contributed by atoms with E-state index in [0.717, 1.165) is 21.3 Å². The van der Waals surface area contributed by atoms with Crippen LogP contribution >= 0.6 is 15.9 Å². The van der Waals surface area contributed by atoms with Crippen molar-refractivity contribution in [1.29, 1.82) is 0 Å². The molecule has 18 heavy (non-hydrogen) atoms. The van der Waals surface area contributed by atoms with Gasteiger partial charge >= 0.3 is 0 Å². The molecule has 2 rings (SSSR count). The second-order valence-electron chi connectivity index (χ2n) is 3.96.